The Kier molecular flexibility index (Phi) is 10.4. The van der Waals surface area contributed by atoms with Crippen LogP contribution in [0.1, 0.15) is 45.4 Å². The Balaban J connectivity index is 2.90. The average Bonchev–Trinajstić information content (AvgIpc) is 2.10. The van der Waals surface area contributed by atoms with Crippen molar-refractivity contribution in [1.29, 1.82) is 0 Å². The number of allylic oxidation sites excluding steroid dienone is 1. The van der Waals surface area contributed by atoms with Gasteiger partial charge in [-0.05, 0) is 12.8 Å². The molecule has 0 aromatic carbocycles. The first-order valence-corrected chi connectivity index (χ1v) is 4.93. The molecule has 0 aliphatic heterocycles. The summed E-state index contributed by atoms with van der Waals surface area (Å²) in [6.07, 6.45) is 12.2. The third-order valence-corrected chi connectivity index (χ3v) is 1.86. The molecule has 71 valence electrons. The molecule has 1 heteroatoms. The Morgan fingerprint density at radius 2 is 1.83 bits per heavy atom. The molecule has 0 aromatic heterocycles. The minimum atomic E-state index is 0.648. The Hall–Kier alpha value is -0.300. The lowest BCUT2D eigenvalue weighted by Crippen LogP contribution is -1.79. The number of rotatable bonds is 8. The highest BCUT2D eigenvalue weighted by molar-refractivity contribution is 4.81. The monoisotopic (exact) mass is 169 g/mol. The van der Waals surface area contributed by atoms with Crippen LogP contribution in [0.2, 0.25) is 0 Å². The van der Waals surface area contributed by atoms with Gasteiger partial charge in [-0.15, -0.1) is 0 Å². The molecule has 0 saturated carbocycles. The van der Waals surface area contributed by atoms with E-state index in [1.807, 2.05) is 6.08 Å². The third kappa shape index (κ3) is 9.70. The van der Waals surface area contributed by atoms with Gasteiger partial charge >= 0.3 is 0 Å². The second-order valence-corrected chi connectivity index (χ2v) is 3.05. The summed E-state index contributed by atoms with van der Waals surface area (Å²) < 4.78 is 4.65. The molecular formula is C11H21O. The molecule has 1 nitrogen and oxygen atoms in total. The Morgan fingerprint density at radius 3 is 2.50 bits per heavy atom. The molecule has 0 saturated heterocycles. The summed E-state index contributed by atoms with van der Waals surface area (Å²) in [6.45, 7) is 2.89. The summed E-state index contributed by atoms with van der Waals surface area (Å²) in [5.41, 5.74) is 0. The predicted octanol–water partition coefficient (Wildman–Crippen LogP) is 3.71. The minimum Gasteiger partial charge on any atom is -0.375 e. The largest absolute Gasteiger partial charge is 0.375 e. The van der Waals surface area contributed by atoms with Gasteiger partial charge < -0.3 is 4.74 Å². The predicted molar refractivity (Wildman–Crippen MR) is 53.8 cm³/mol. The maximum atomic E-state index is 4.65. The molecule has 1 radical (unpaired) electrons. The normalized spacial score (nSPS) is 11.2. The van der Waals surface area contributed by atoms with Crippen LogP contribution in [0, 0.1) is 7.11 Å². The van der Waals surface area contributed by atoms with E-state index < -0.39 is 0 Å². The van der Waals surface area contributed by atoms with Gasteiger partial charge in [0.05, 0.1) is 13.7 Å². The standard InChI is InChI=1S/C11H21O/c1-3-4-5-6-7-8-9-10-11-12-2/h9-10H,2-8,11H2,1H3. The van der Waals surface area contributed by atoms with Crippen LogP contribution in [-0.4, -0.2) is 6.61 Å². The van der Waals surface area contributed by atoms with Crippen LogP contribution in [0.25, 0.3) is 0 Å². The van der Waals surface area contributed by atoms with Crippen LogP contribution in [0.15, 0.2) is 12.2 Å². The molecule has 0 unspecified atom stereocenters. The van der Waals surface area contributed by atoms with E-state index in [-0.39, 0.29) is 0 Å². The van der Waals surface area contributed by atoms with Crippen molar-refractivity contribution in [2.45, 2.75) is 45.4 Å². The molecule has 0 fully saturated rings. The van der Waals surface area contributed by atoms with Gasteiger partial charge in [-0.2, -0.15) is 0 Å². The second kappa shape index (κ2) is 10.7. The van der Waals surface area contributed by atoms with Gasteiger partial charge in [0, 0.05) is 0 Å². The van der Waals surface area contributed by atoms with Crippen LogP contribution in [0.4, 0.5) is 0 Å². The van der Waals surface area contributed by atoms with Gasteiger partial charge in [0.2, 0.25) is 0 Å². The van der Waals surface area contributed by atoms with Crippen molar-refractivity contribution < 1.29 is 4.74 Å². The summed E-state index contributed by atoms with van der Waals surface area (Å²) in [5, 5.41) is 0. The molecule has 0 rings (SSSR count). The van der Waals surface area contributed by atoms with Crippen LogP contribution < -0.4 is 0 Å². The maximum absolute atomic E-state index is 4.65. The molecule has 0 aromatic rings. The van der Waals surface area contributed by atoms with Crippen molar-refractivity contribution in [3.63, 3.8) is 0 Å². The molecule has 0 spiro atoms. The van der Waals surface area contributed by atoms with E-state index in [2.05, 4.69) is 24.8 Å². The van der Waals surface area contributed by atoms with Crippen molar-refractivity contribution in [2.24, 2.45) is 0 Å². The lowest BCUT2D eigenvalue weighted by atomic mass is 10.1. The fourth-order valence-electron chi connectivity index (χ4n) is 1.12. The maximum Gasteiger partial charge on any atom is 0.0704 e. The molecule has 0 N–H and O–H groups in total. The minimum absolute atomic E-state index is 0.648. The SMILES string of the molecule is [CH2]OCC=CCCCCCCC. The van der Waals surface area contributed by atoms with E-state index in [1.165, 1.54) is 38.5 Å². The summed E-state index contributed by atoms with van der Waals surface area (Å²) in [6, 6.07) is 0. The Morgan fingerprint density at radius 1 is 1.08 bits per heavy atom. The molecular weight excluding hydrogens is 148 g/mol. The first kappa shape index (κ1) is 11.7. The summed E-state index contributed by atoms with van der Waals surface area (Å²) in [5.74, 6) is 0. The molecule has 12 heavy (non-hydrogen) atoms. The van der Waals surface area contributed by atoms with Crippen molar-refractivity contribution in [3.05, 3.63) is 19.3 Å². The van der Waals surface area contributed by atoms with E-state index in [1.54, 1.807) is 0 Å². The molecule has 0 aliphatic rings. The van der Waals surface area contributed by atoms with Crippen molar-refractivity contribution in [1.82, 2.24) is 0 Å². The summed E-state index contributed by atoms with van der Waals surface area (Å²) in [7, 11) is 3.29. The Bertz CT molecular complexity index is 97.2. The number of unbranched alkanes of at least 4 members (excludes halogenated alkanes) is 5. The van der Waals surface area contributed by atoms with Crippen LogP contribution in [-0.2, 0) is 4.74 Å². The lowest BCUT2D eigenvalue weighted by Gasteiger charge is -1.95. The zero-order valence-electron chi connectivity index (χ0n) is 8.22. The summed E-state index contributed by atoms with van der Waals surface area (Å²) >= 11 is 0. The lowest BCUT2D eigenvalue weighted by molar-refractivity contribution is 0.281. The summed E-state index contributed by atoms with van der Waals surface area (Å²) in [4.78, 5) is 0. The van der Waals surface area contributed by atoms with Crippen molar-refractivity contribution in [3.8, 4) is 0 Å². The van der Waals surface area contributed by atoms with Gasteiger partial charge in [0.25, 0.3) is 0 Å². The van der Waals surface area contributed by atoms with Crippen molar-refractivity contribution in [2.75, 3.05) is 6.61 Å². The fraction of sp³-hybridized carbons (Fsp3) is 0.727. The van der Waals surface area contributed by atoms with E-state index in [4.69, 9.17) is 0 Å². The topological polar surface area (TPSA) is 9.23 Å². The highest BCUT2D eigenvalue weighted by Crippen LogP contribution is 2.04. The first-order valence-electron chi connectivity index (χ1n) is 4.93. The van der Waals surface area contributed by atoms with E-state index in [9.17, 15) is 0 Å². The van der Waals surface area contributed by atoms with Crippen LogP contribution >= 0.6 is 0 Å². The molecule has 0 heterocycles. The van der Waals surface area contributed by atoms with E-state index >= 15 is 0 Å². The van der Waals surface area contributed by atoms with Crippen LogP contribution in [0.5, 0.6) is 0 Å². The van der Waals surface area contributed by atoms with Gasteiger partial charge in [0.1, 0.15) is 0 Å². The van der Waals surface area contributed by atoms with Gasteiger partial charge in [-0.25, -0.2) is 0 Å². The van der Waals surface area contributed by atoms with Gasteiger partial charge in [-0.3, -0.25) is 0 Å². The molecule has 0 bridgehead atoms. The number of hydrogen-bond acceptors (Lipinski definition) is 1. The van der Waals surface area contributed by atoms with Gasteiger partial charge in [-0.1, -0.05) is 44.8 Å². The van der Waals surface area contributed by atoms with E-state index in [0.717, 1.165) is 0 Å². The highest BCUT2D eigenvalue weighted by Gasteiger charge is 1.85. The quantitative estimate of drug-likeness (QED) is 0.397. The van der Waals surface area contributed by atoms with E-state index in [0.29, 0.717) is 6.61 Å². The molecule has 0 amide bonds. The molecule has 0 aliphatic carbocycles. The van der Waals surface area contributed by atoms with Gasteiger partial charge in [0.15, 0.2) is 0 Å². The first-order chi connectivity index (χ1) is 5.91. The van der Waals surface area contributed by atoms with Crippen molar-refractivity contribution >= 4 is 0 Å². The second-order valence-electron chi connectivity index (χ2n) is 3.05. The zero-order chi connectivity index (χ0) is 9.07. The van der Waals surface area contributed by atoms with Crippen LogP contribution in [0.3, 0.4) is 0 Å². The highest BCUT2D eigenvalue weighted by atomic mass is 16.5. The smallest absolute Gasteiger partial charge is 0.0704 e. The number of hydrogen-bond donors (Lipinski definition) is 0. The molecule has 0 atom stereocenters. The fourth-order valence-corrected chi connectivity index (χ4v) is 1.12. The number of ether oxygens (including phenoxy) is 1. The third-order valence-electron chi connectivity index (χ3n) is 1.86. The zero-order valence-corrected chi connectivity index (χ0v) is 8.22. The Labute approximate surface area is 76.8 Å². The average molecular weight is 169 g/mol.